The molecule has 0 unspecified atom stereocenters. The Balaban J connectivity index is 2.31. The molecule has 1 heterocycles. The summed E-state index contributed by atoms with van der Waals surface area (Å²) in [4.78, 5) is 0. The second kappa shape index (κ2) is 6.84. The standard InChI is InChI=1S/C21H35BO2/c1-9-10-11-12-16-15-17(13-14-18(16)19(2,3)4)22-23-20(5,6)21(7,8)24-22/h13-15H,9-12H2,1-8H3. The zero-order valence-electron chi connectivity index (χ0n) is 17.0. The highest BCUT2D eigenvalue weighted by atomic mass is 16.7. The van der Waals surface area contributed by atoms with Crippen molar-refractivity contribution in [1.29, 1.82) is 0 Å². The molecule has 1 aliphatic heterocycles. The zero-order valence-corrected chi connectivity index (χ0v) is 17.0. The molecule has 0 saturated carbocycles. The summed E-state index contributed by atoms with van der Waals surface area (Å²) in [5, 5.41) is 0. The summed E-state index contributed by atoms with van der Waals surface area (Å²) in [5.74, 6) is 0. The topological polar surface area (TPSA) is 18.5 Å². The number of aryl methyl sites for hydroxylation is 1. The first-order chi connectivity index (χ1) is 11.0. The van der Waals surface area contributed by atoms with Gasteiger partial charge in [0.25, 0.3) is 0 Å². The highest BCUT2D eigenvalue weighted by Gasteiger charge is 2.51. The molecule has 134 valence electrons. The van der Waals surface area contributed by atoms with Crippen molar-refractivity contribution < 1.29 is 9.31 Å². The number of rotatable bonds is 5. The maximum atomic E-state index is 6.23. The van der Waals surface area contributed by atoms with Crippen molar-refractivity contribution in [2.75, 3.05) is 0 Å². The molecule has 1 fully saturated rings. The zero-order chi connectivity index (χ0) is 18.2. The number of unbranched alkanes of at least 4 members (excludes halogenated alkanes) is 2. The predicted octanol–water partition coefficient (Wildman–Crippen LogP) is 5.02. The van der Waals surface area contributed by atoms with Gasteiger partial charge in [-0.15, -0.1) is 0 Å². The summed E-state index contributed by atoms with van der Waals surface area (Å²) in [6, 6.07) is 6.78. The molecule has 1 aliphatic rings. The minimum atomic E-state index is -0.289. The third-order valence-electron chi connectivity index (χ3n) is 5.51. The normalized spacial score (nSPS) is 19.8. The Morgan fingerprint density at radius 1 is 0.958 bits per heavy atom. The Morgan fingerprint density at radius 3 is 2.04 bits per heavy atom. The van der Waals surface area contributed by atoms with Crippen LogP contribution in [0.25, 0.3) is 0 Å². The van der Waals surface area contributed by atoms with Crippen LogP contribution in [-0.4, -0.2) is 18.3 Å². The average Bonchev–Trinajstić information content (AvgIpc) is 2.66. The van der Waals surface area contributed by atoms with Crippen LogP contribution in [0.1, 0.15) is 85.8 Å². The molecule has 2 nitrogen and oxygen atoms in total. The van der Waals surface area contributed by atoms with Crippen LogP contribution < -0.4 is 5.46 Å². The summed E-state index contributed by atoms with van der Waals surface area (Å²) in [5.41, 5.74) is 3.62. The van der Waals surface area contributed by atoms with Crippen LogP contribution in [0.4, 0.5) is 0 Å². The Labute approximate surface area is 149 Å². The maximum absolute atomic E-state index is 6.23. The van der Waals surface area contributed by atoms with Crippen LogP contribution in [0.15, 0.2) is 18.2 Å². The van der Waals surface area contributed by atoms with E-state index in [4.69, 9.17) is 9.31 Å². The average molecular weight is 330 g/mol. The first kappa shape index (κ1) is 19.5. The third kappa shape index (κ3) is 4.05. The van der Waals surface area contributed by atoms with Crippen molar-refractivity contribution in [3.05, 3.63) is 29.3 Å². The Hall–Kier alpha value is -0.795. The van der Waals surface area contributed by atoms with E-state index in [2.05, 4.69) is 73.6 Å². The molecule has 3 heteroatoms. The van der Waals surface area contributed by atoms with Crippen molar-refractivity contribution in [2.24, 2.45) is 0 Å². The van der Waals surface area contributed by atoms with E-state index in [-0.39, 0.29) is 23.7 Å². The molecule has 0 N–H and O–H groups in total. The van der Waals surface area contributed by atoms with Gasteiger partial charge in [-0.05, 0) is 62.5 Å². The van der Waals surface area contributed by atoms with Crippen molar-refractivity contribution in [3.63, 3.8) is 0 Å². The second-order valence-electron chi connectivity index (χ2n) is 9.21. The molecule has 0 amide bonds. The van der Waals surface area contributed by atoms with E-state index in [1.54, 1.807) is 0 Å². The van der Waals surface area contributed by atoms with Crippen LogP contribution >= 0.6 is 0 Å². The van der Waals surface area contributed by atoms with Crippen molar-refractivity contribution >= 4 is 12.6 Å². The molecular formula is C21H35BO2. The molecule has 1 saturated heterocycles. The van der Waals surface area contributed by atoms with Gasteiger partial charge < -0.3 is 9.31 Å². The molecule has 0 aromatic heterocycles. The van der Waals surface area contributed by atoms with E-state index in [1.165, 1.54) is 30.4 Å². The lowest BCUT2D eigenvalue weighted by atomic mass is 9.74. The Bertz CT molecular complexity index is 554. The molecule has 0 aliphatic carbocycles. The van der Waals surface area contributed by atoms with Gasteiger partial charge >= 0.3 is 7.12 Å². The van der Waals surface area contributed by atoms with E-state index >= 15 is 0 Å². The molecule has 0 spiro atoms. The van der Waals surface area contributed by atoms with Crippen LogP contribution in [0.3, 0.4) is 0 Å². The molecule has 2 rings (SSSR count). The fraction of sp³-hybridized carbons (Fsp3) is 0.714. The minimum absolute atomic E-state index is 0.163. The molecule has 24 heavy (non-hydrogen) atoms. The first-order valence-corrected chi connectivity index (χ1v) is 9.47. The number of hydrogen-bond acceptors (Lipinski definition) is 2. The van der Waals surface area contributed by atoms with E-state index in [0.717, 1.165) is 11.9 Å². The lowest BCUT2D eigenvalue weighted by molar-refractivity contribution is 0.00578. The minimum Gasteiger partial charge on any atom is -0.399 e. The summed E-state index contributed by atoms with van der Waals surface area (Å²) in [7, 11) is -0.269. The largest absolute Gasteiger partial charge is 0.494 e. The van der Waals surface area contributed by atoms with Gasteiger partial charge in [0, 0.05) is 0 Å². The monoisotopic (exact) mass is 330 g/mol. The van der Waals surface area contributed by atoms with Gasteiger partial charge in [-0.3, -0.25) is 0 Å². The highest BCUT2D eigenvalue weighted by Crippen LogP contribution is 2.37. The first-order valence-electron chi connectivity index (χ1n) is 9.47. The van der Waals surface area contributed by atoms with Gasteiger partial charge in [-0.1, -0.05) is 58.7 Å². The second-order valence-corrected chi connectivity index (χ2v) is 9.21. The van der Waals surface area contributed by atoms with Crippen LogP contribution in [0, 0.1) is 0 Å². The summed E-state index contributed by atoms with van der Waals surface area (Å²) in [6.07, 6.45) is 4.91. The SMILES string of the molecule is CCCCCc1cc(B2OC(C)(C)C(C)(C)O2)ccc1C(C)(C)C. The van der Waals surface area contributed by atoms with Crippen molar-refractivity contribution in [2.45, 2.75) is 97.7 Å². The van der Waals surface area contributed by atoms with Gasteiger partial charge in [0.2, 0.25) is 0 Å². The molecule has 0 radical (unpaired) electrons. The summed E-state index contributed by atoms with van der Waals surface area (Å²) >= 11 is 0. The van der Waals surface area contributed by atoms with Gasteiger partial charge in [0.15, 0.2) is 0 Å². The van der Waals surface area contributed by atoms with Gasteiger partial charge in [-0.2, -0.15) is 0 Å². The molecule has 0 bridgehead atoms. The predicted molar refractivity (Wildman–Crippen MR) is 104 cm³/mol. The quantitative estimate of drug-likeness (QED) is 0.558. The highest BCUT2D eigenvalue weighted by molar-refractivity contribution is 6.62. The fourth-order valence-electron chi connectivity index (χ4n) is 3.24. The number of benzene rings is 1. The van der Waals surface area contributed by atoms with Crippen molar-refractivity contribution in [3.8, 4) is 0 Å². The van der Waals surface area contributed by atoms with Crippen LogP contribution in [-0.2, 0) is 21.1 Å². The molecular weight excluding hydrogens is 295 g/mol. The van der Waals surface area contributed by atoms with E-state index < -0.39 is 0 Å². The molecule has 1 aromatic carbocycles. The lowest BCUT2D eigenvalue weighted by Crippen LogP contribution is -2.41. The fourth-order valence-corrected chi connectivity index (χ4v) is 3.24. The van der Waals surface area contributed by atoms with E-state index in [0.29, 0.717) is 0 Å². The van der Waals surface area contributed by atoms with E-state index in [9.17, 15) is 0 Å². The van der Waals surface area contributed by atoms with Gasteiger partial charge in [-0.25, -0.2) is 0 Å². The van der Waals surface area contributed by atoms with Gasteiger partial charge in [0.1, 0.15) is 0 Å². The molecule has 1 aromatic rings. The van der Waals surface area contributed by atoms with Gasteiger partial charge in [0.05, 0.1) is 11.2 Å². The van der Waals surface area contributed by atoms with Crippen molar-refractivity contribution in [1.82, 2.24) is 0 Å². The smallest absolute Gasteiger partial charge is 0.399 e. The molecule has 0 atom stereocenters. The van der Waals surface area contributed by atoms with Crippen LogP contribution in [0.2, 0.25) is 0 Å². The van der Waals surface area contributed by atoms with Crippen LogP contribution in [0.5, 0.6) is 0 Å². The Kier molecular flexibility index (Phi) is 5.57. The van der Waals surface area contributed by atoms with E-state index in [1.807, 2.05) is 0 Å². The lowest BCUT2D eigenvalue weighted by Gasteiger charge is -2.32. The Morgan fingerprint density at radius 2 is 1.54 bits per heavy atom. The summed E-state index contributed by atoms with van der Waals surface area (Å²) in [6.45, 7) is 17.6. The third-order valence-corrected chi connectivity index (χ3v) is 5.51. The summed E-state index contributed by atoms with van der Waals surface area (Å²) < 4.78 is 12.5. The maximum Gasteiger partial charge on any atom is 0.494 e. The number of hydrogen-bond donors (Lipinski definition) is 0.